The molecule has 2 rings (SSSR count). The van der Waals surface area contributed by atoms with E-state index >= 15 is 0 Å². The van der Waals surface area contributed by atoms with Crippen molar-refractivity contribution >= 4 is 17.0 Å². The second-order valence-electron chi connectivity index (χ2n) is 4.25. The van der Waals surface area contributed by atoms with Gasteiger partial charge in [0, 0.05) is 25.0 Å². The molecule has 0 amide bonds. The first-order valence-corrected chi connectivity index (χ1v) is 6.31. The molecule has 7 heteroatoms. The van der Waals surface area contributed by atoms with Gasteiger partial charge in [-0.1, -0.05) is 0 Å². The smallest absolute Gasteiger partial charge is 0.181 e. The Balaban J connectivity index is 2.64. The van der Waals surface area contributed by atoms with Crippen LogP contribution in [0.15, 0.2) is 30.7 Å². The molecule has 2 aromatic rings. The van der Waals surface area contributed by atoms with Gasteiger partial charge >= 0.3 is 0 Å². The maximum absolute atomic E-state index is 10.4. The molecule has 0 aliphatic rings. The van der Waals surface area contributed by atoms with E-state index in [1.807, 2.05) is 6.07 Å². The fraction of sp³-hybridized carbons (Fsp3) is 0.133. The number of aromatic nitrogens is 2. The third-order valence-corrected chi connectivity index (χ3v) is 3.01. The summed E-state index contributed by atoms with van der Waals surface area (Å²) in [6.45, 7) is 0. The van der Waals surface area contributed by atoms with E-state index in [1.165, 1.54) is 37.8 Å². The van der Waals surface area contributed by atoms with Crippen molar-refractivity contribution < 1.29 is 14.9 Å². The number of phenols is 1. The summed E-state index contributed by atoms with van der Waals surface area (Å²) in [7, 11) is 3.01. The normalized spacial score (nSPS) is 11.3. The van der Waals surface area contributed by atoms with Crippen molar-refractivity contribution in [2.75, 3.05) is 19.5 Å². The molecular weight excluding hydrogens is 284 g/mol. The Morgan fingerprint density at radius 3 is 2.68 bits per heavy atom. The highest BCUT2D eigenvalue weighted by atomic mass is 16.5. The van der Waals surface area contributed by atoms with Crippen LogP contribution in [0, 0.1) is 11.3 Å². The minimum Gasteiger partial charge on any atom is -0.506 e. The molecule has 0 spiro atoms. The summed E-state index contributed by atoms with van der Waals surface area (Å²) >= 11 is 0. The average molecular weight is 298 g/mol. The van der Waals surface area contributed by atoms with Crippen molar-refractivity contribution in [2.45, 2.75) is 0 Å². The zero-order chi connectivity index (χ0) is 16.1. The Kier molecular flexibility index (Phi) is 4.44. The van der Waals surface area contributed by atoms with Crippen LogP contribution < -0.4 is 10.1 Å². The van der Waals surface area contributed by atoms with Crippen LogP contribution in [0.3, 0.4) is 0 Å². The Hall–Kier alpha value is -3.27. The molecule has 1 heterocycles. The van der Waals surface area contributed by atoms with Crippen molar-refractivity contribution in [3.63, 3.8) is 0 Å². The van der Waals surface area contributed by atoms with E-state index in [0.717, 1.165) is 0 Å². The zero-order valence-corrected chi connectivity index (χ0v) is 12.0. The van der Waals surface area contributed by atoms with Crippen molar-refractivity contribution in [3.8, 4) is 17.6 Å². The summed E-state index contributed by atoms with van der Waals surface area (Å²) < 4.78 is 5.06. The molecule has 0 radical (unpaired) electrons. The van der Waals surface area contributed by atoms with Crippen molar-refractivity contribution in [1.29, 1.82) is 5.26 Å². The van der Waals surface area contributed by atoms with Crippen LogP contribution in [0.1, 0.15) is 11.3 Å². The average Bonchev–Trinajstić information content (AvgIpc) is 2.56. The molecule has 0 fully saturated rings. The summed E-state index contributed by atoms with van der Waals surface area (Å²) in [5, 5.41) is 32.4. The number of anilines is 1. The standard InChI is InChI=1S/C15H14N4O3/c1-17-11-5-9(6-13(22-2)15(11)21)14(20)10(7-16)12-8-18-3-4-19-12/h3-6,8,17,20-21H,1-2H3/b14-10-. The molecule has 0 saturated carbocycles. The molecular formula is C15H14N4O3. The molecule has 0 unspecified atom stereocenters. The second kappa shape index (κ2) is 6.45. The third kappa shape index (κ3) is 2.76. The van der Waals surface area contributed by atoms with Gasteiger partial charge in [-0.15, -0.1) is 0 Å². The van der Waals surface area contributed by atoms with Crippen LogP contribution in [0.25, 0.3) is 11.3 Å². The molecule has 112 valence electrons. The van der Waals surface area contributed by atoms with E-state index in [4.69, 9.17) is 4.74 Å². The lowest BCUT2D eigenvalue weighted by atomic mass is 10.1. The van der Waals surface area contributed by atoms with Gasteiger partial charge in [-0.2, -0.15) is 5.26 Å². The molecule has 0 saturated heterocycles. The highest BCUT2D eigenvalue weighted by Crippen LogP contribution is 2.37. The van der Waals surface area contributed by atoms with Gasteiger partial charge < -0.3 is 20.3 Å². The predicted molar refractivity (Wildman–Crippen MR) is 81.3 cm³/mol. The number of aliphatic hydroxyl groups excluding tert-OH is 1. The predicted octanol–water partition coefficient (Wildman–Crippen LogP) is 2.18. The lowest BCUT2D eigenvalue weighted by molar-refractivity contribution is 0.374. The van der Waals surface area contributed by atoms with E-state index in [-0.39, 0.29) is 28.5 Å². The number of phenolic OH excluding ortho intramolecular Hbond substituents is 1. The molecule has 22 heavy (non-hydrogen) atoms. The van der Waals surface area contributed by atoms with Crippen molar-refractivity contribution in [3.05, 3.63) is 42.0 Å². The monoisotopic (exact) mass is 298 g/mol. The molecule has 0 aliphatic heterocycles. The minimum absolute atomic E-state index is 0.0251. The third-order valence-electron chi connectivity index (χ3n) is 3.01. The summed E-state index contributed by atoms with van der Waals surface area (Å²) in [4.78, 5) is 7.88. The van der Waals surface area contributed by atoms with Crippen LogP contribution in [0.4, 0.5) is 5.69 Å². The summed E-state index contributed by atoms with van der Waals surface area (Å²) in [5.41, 5.74) is 0.891. The number of aromatic hydroxyl groups is 1. The number of aliphatic hydroxyl groups is 1. The Bertz CT molecular complexity index is 726. The van der Waals surface area contributed by atoms with Gasteiger partial charge in [-0.3, -0.25) is 9.97 Å². The van der Waals surface area contributed by atoms with Crippen LogP contribution >= 0.6 is 0 Å². The second-order valence-corrected chi connectivity index (χ2v) is 4.25. The quantitative estimate of drug-likeness (QED) is 0.450. The van der Waals surface area contributed by atoms with Crippen LogP contribution in [-0.2, 0) is 0 Å². The Morgan fingerprint density at radius 1 is 1.36 bits per heavy atom. The number of nitriles is 1. The first kappa shape index (κ1) is 15.1. The SMILES string of the molecule is CNc1cc(/C(O)=C(\C#N)c2cnccn2)cc(OC)c1O. The first-order valence-electron chi connectivity index (χ1n) is 6.31. The summed E-state index contributed by atoms with van der Waals surface area (Å²) in [5.74, 6) is -0.192. The molecule has 0 aliphatic carbocycles. The van der Waals surface area contributed by atoms with Gasteiger partial charge in [0.25, 0.3) is 0 Å². The molecule has 7 nitrogen and oxygen atoms in total. The maximum Gasteiger partial charge on any atom is 0.181 e. The molecule has 3 N–H and O–H groups in total. The topological polar surface area (TPSA) is 111 Å². The number of hydrogen-bond acceptors (Lipinski definition) is 7. The van der Waals surface area contributed by atoms with Crippen LogP contribution in [0.2, 0.25) is 0 Å². The molecule has 1 aromatic carbocycles. The Morgan fingerprint density at radius 2 is 2.14 bits per heavy atom. The van der Waals surface area contributed by atoms with Crippen molar-refractivity contribution in [1.82, 2.24) is 9.97 Å². The highest BCUT2D eigenvalue weighted by molar-refractivity contribution is 5.93. The van der Waals surface area contributed by atoms with Gasteiger partial charge in [-0.05, 0) is 12.1 Å². The van der Waals surface area contributed by atoms with E-state index in [1.54, 1.807) is 7.05 Å². The van der Waals surface area contributed by atoms with Gasteiger partial charge in [0.2, 0.25) is 0 Å². The van der Waals surface area contributed by atoms with Gasteiger partial charge in [0.1, 0.15) is 23.1 Å². The largest absolute Gasteiger partial charge is 0.506 e. The number of nitrogens with one attached hydrogen (secondary N) is 1. The molecule has 1 aromatic heterocycles. The number of rotatable bonds is 4. The zero-order valence-electron chi connectivity index (χ0n) is 12.0. The summed E-state index contributed by atoms with van der Waals surface area (Å²) in [6.07, 6.45) is 4.28. The van der Waals surface area contributed by atoms with Gasteiger partial charge in [-0.25, -0.2) is 0 Å². The van der Waals surface area contributed by atoms with Crippen molar-refractivity contribution in [2.24, 2.45) is 0 Å². The maximum atomic E-state index is 10.4. The van der Waals surface area contributed by atoms with Gasteiger partial charge in [0.05, 0.1) is 19.0 Å². The van der Waals surface area contributed by atoms with E-state index in [9.17, 15) is 15.5 Å². The number of allylic oxidation sites excluding steroid dienone is 1. The van der Waals surface area contributed by atoms with E-state index in [2.05, 4.69) is 15.3 Å². The number of nitrogens with zero attached hydrogens (tertiary/aromatic N) is 3. The fourth-order valence-corrected chi connectivity index (χ4v) is 1.89. The van der Waals surface area contributed by atoms with Gasteiger partial charge in [0.15, 0.2) is 11.5 Å². The van der Waals surface area contributed by atoms with Crippen LogP contribution in [0.5, 0.6) is 11.5 Å². The summed E-state index contributed by atoms with van der Waals surface area (Å²) in [6, 6.07) is 4.84. The first-order chi connectivity index (χ1) is 10.6. The number of ether oxygens (including phenoxy) is 1. The number of hydrogen-bond donors (Lipinski definition) is 3. The highest BCUT2D eigenvalue weighted by Gasteiger charge is 2.16. The lowest BCUT2D eigenvalue weighted by Crippen LogP contribution is -1.97. The lowest BCUT2D eigenvalue weighted by Gasteiger charge is -2.12. The number of methoxy groups -OCH3 is 1. The number of benzene rings is 1. The van der Waals surface area contributed by atoms with E-state index in [0.29, 0.717) is 11.3 Å². The minimum atomic E-state index is -0.280. The molecule has 0 atom stereocenters. The van der Waals surface area contributed by atoms with Crippen LogP contribution in [-0.4, -0.2) is 34.3 Å². The molecule has 0 bridgehead atoms. The Labute approximate surface area is 127 Å². The van der Waals surface area contributed by atoms with E-state index < -0.39 is 0 Å². The fourth-order valence-electron chi connectivity index (χ4n) is 1.89.